The van der Waals surface area contributed by atoms with E-state index in [0.29, 0.717) is 11.3 Å². The molecule has 4 nitrogen and oxygen atoms in total. The highest BCUT2D eigenvalue weighted by Crippen LogP contribution is 2.15. The Balaban J connectivity index is 3.20. The zero-order valence-electron chi connectivity index (χ0n) is 7.16. The van der Waals surface area contributed by atoms with E-state index in [4.69, 9.17) is 10.5 Å². The molecule has 0 bridgehead atoms. The van der Waals surface area contributed by atoms with E-state index in [1.54, 1.807) is 13.1 Å². The van der Waals surface area contributed by atoms with Crippen LogP contribution in [0.3, 0.4) is 0 Å². The fourth-order valence-electron chi connectivity index (χ4n) is 1.03. The van der Waals surface area contributed by atoms with Crippen LogP contribution < -0.4 is 5.32 Å². The zero-order chi connectivity index (χ0) is 9.84. The van der Waals surface area contributed by atoms with E-state index in [1.165, 1.54) is 18.3 Å². The van der Waals surface area contributed by atoms with Gasteiger partial charge < -0.3 is 15.8 Å². The minimum atomic E-state index is -0.965. The van der Waals surface area contributed by atoms with Gasteiger partial charge in [0, 0.05) is 24.5 Å². The fourth-order valence-corrected chi connectivity index (χ4v) is 1.03. The van der Waals surface area contributed by atoms with Gasteiger partial charge in [0.05, 0.1) is 5.56 Å². The molecule has 1 rings (SSSR count). The van der Waals surface area contributed by atoms with Crippen molar-refractivity contribution in [1.82, 2.24) is 0 Å². The van der Waals surface area contributed by atoms with E-state index in [-0.39, 0.29) is 5.56 Å². The van der Waals surface area contributed by atoms with Crippen molar-refractivity contribution in [2.45, 2.75) is 0 Å². The number of rotatable bonds is 3. The summed E-state index contributed by atoms with van der Waals surface area (Å²) in [5.41, 5.74) is 1.54. The second kappa shape index (κ2) is 3.71. The lowest BCUT2D eigenvalue weighted by Crippen LogP contribution is -2.00. The highest BCUT2D eigenvalue weighted by Gasteiger charge is 2.05. The third kappa shape index (κ3) is 1.84. The van der Waals surface area contributed by atoms with Gasteiger partial charge in [0.1, 0.15) is 0 Å². The molecule has 68 valence electrons. The minimum absolute atomic E-state index is 0.218. The summed E-state index contributed by atoms with van der Waals surface area (Å²) < 4.78 is 0. The summed E-state index contributed by atoms with van der Waals surface area (Å²) in [7, 11) is 1.69. The van der Waals surface area contributed by atoms with E-state index in [9.17, 15) is 4.79 Å². The van der Waals surface area contributed by atoms with Crippen molar-refractivity contribution < 1.29 is 9.90 Å². The van der Waals surface area contributed by atoms with Crippen LogP contribution >= 0.6 is 0 Å². The second-order valence-electron chi connectivity index (χ2n) is 2.50. The van der Waals surface area contributed by atoms with Crippen LogP contribution in [0.4, 0.5) is 5.69 Å². The van der Waals surface area contributed by atoms with Gasteiger partial charge >= 0.3 is 5.97 Å². The third-order valence-electron chi connectivity index (χ3n) is 1.73. The summed E-state index contributed by atoms with van der Waals surface area (Å²) in [5, 5.41) is 18.6. The summed E-state index contributed by atoms with van der Waals surface area (Å²) in [6.07, 6.45) is 1.18. The van der Waals surface area contributed by atoms with E-state index >= 15 is 0 Å². The number of nitrogens with one attached hydrogen (secondary N) is 2. The summed E-state index contributed by atoms with van der Waals surface area (Å²) >= 11 is 0. The standard InChI is InChI=1S/C9H10N2O2/c1-11-8-4-6(9(12)13)2-3-7(8)5-10/h2-5,10-11H,1H3,(H,12,13). The first-order valence-electron chi connectivity index (χ1n) is 3.74. The monoisotopic (exact) mass is 178 g/mol. The van der Waals surface area contributed by atoms with Gasteiger partial charge in [-0.25, -0.2) is 4.79 Å². The number of benzene rings is 1. The van der Waals surface area contributed by atoms with E-state index in [1.807, 2.05) is 0 Å². The molecule has 0 unspecified atom stereocenters. The van der Waals surface area contributed by atoms with Gasteiger partial charge in [-0.2, -0.15) is 0 Å². The third-order valence-corrected chi connectivity index (χ3v) is 1.73. The summed E-state index contributed by atoms with van der Waals surface area (Å²) in [6.45, 7) is 0. The van der Waals surface area contributed by atoms with Crippen LogP contribution in [0.15, 0.2) is 18.2 Å². The Bertz CT molecular complexity index is 347. The van der Waals surface area contributed by atoms with Crippen molar-refractivity contribution in [2.24, 2.45) is 0 Å². The molecule has 0 amide bonds. The van der Waals surface area contributed by atoms with E-state index < -0.39 is 5.97 Å². The zero-order valence-corrected chi connectivity index (χ0v) is 7.16. The highest BCUT2D eigenvalue weighted by molar-refractivity contribution is 5.93. The van der Waals surface area contributed by atoms with Gasteiger partial charge in [0.2, 0.25) is 0 Å². The van der Waals surface area contributed by atoms with Crippen molar-refractivity contribution in [3.63, 3.8) is 0 Å². The summed E-state index contributed by atoms with van der Waals surface area (Å²) in [5.74, 6) is -0.965. The van der Waals surface area contributed by atoms with Crippen LogP contribution in [0.5, 0.6) is 0 Å². The summed E-state index contributed by atoms with van der Waals surface area (Å²) in [6, 6.07) is 4.58. The fraction of sp³-hybridized carbons (Fsp3) is 0.111. The lowest BCUT2D eigenvalue weighted by Gasteiger charge is -2.05. The van der Waals surface area contributed by atoms with Gasteiger partial charge in [-0.05, 0) is 12.1 Å². The van der Waals surface area contributed by atoms with Crippen LogP contribution in [0.1, 0.15) is 15.9 Å². The lowest BCUT2D eigenvalue weighted by atomic mass is 10.1. The molecule has 0 saturated heterocycles. The number of aromatic carboxylic acids is 1. The predicted octanol–water partition coefficient (Wildman–Crippen LogP) is 1.42. The predicted molar refractivity (Wildman–Crippen MR) is 50.8 cm³/mol. The topological polar surface area (TPSA) is 73.2 Å². The molecular formula is C9H10N2O2. The van der Waals surface area contributed by atoms with Crippen LogP contribution in [0, 0.1) is 5.41 Å². The number of carbonyl (C=O) groups is 1. The van der Waals surface area contributed by atoms with E-state index in [2.05, 4.69) is 5.32 Å². The van der Waals surface area contributed by atoms with Crippen LogP contribution in [0.2, 0.25) is 0 Å². The van der Waals surface area contributed by atoms with Crippen molar-refractivity contribution in [2.75, 3.05) is 12.4 Å². The van der Waals surface area contributed by atoms with Gasteiger partial charge in [0.15, 0.2) is 0 Å². The molecule has 4 heteroatoms. The Labute approximate surface area is 75.7 Å². The molecule has 0 spiro atoms. The molecule has 0 saturated carbocycles. The number of carboxylic acids is 1. The largest absolute Gasteiger partial charge is 0.478 e. The van der Waals surface area contributed by atoms with E-state index in [0.717, 1.165) is 0 Å². The maximum absolute atomic E-state index is 10.6. The molecule has 1 aromatic rings. The molecular weight excluding hydrogens is 168 g/mol. The molecule has 0 heterocycles. The lowest BCUT2D eigenvalue weighted by molar-refractivity contribution is 0.0697. The minimum Gasteiger partial charge on any atom is -0.478 e. The quantitative estimate of drug-likeness (QED) is 0.613. The normalized spacial score (nSPS) is 9.31. The number of anilines is 1. The van der Waals surface area contributed by atoms with Crippen molar-refractivity contribution in [3.8, 4) is 0 Å². The number of hydrogen-bond acceptors (Lipinski definition) is 3. The first-order valence-corrected chi connectivity index (χ1v) is 3.74. The first-order chi connectivity index (χ1) is 6.19. The Morgan fingerprint density at radius 3 is 2.77 bits per heavy atom. The Hall–Kier alpha value is -1.84. The molecule has 0 aromatic heterocycles. The van der Waals surface area contributed by atoms with Crippen molar-refractivity contribution in [1.29, 1.82) is 5.41 Å². The molecule has 13 heavy (non-hydrogen) atoms. The van der Waals surface area contributed by atoms with Gasteiger partial charge in [-0.3, -0.25) is 0 Å². The highest BCUT2D eigenvalue weighted by atomic mass is 16.4. The molecule has 0 aliphatic heterocycles. The first kappa shape index (κ1) is 9.25. The molecule has 0 atom stereocenters. The average Bonchev–Trinajstić information content (AvgIpc) is 2.16. The van der Waals surface area contributed by atoms with Crippen LogP contribution in [0.25, 0.3) is 0 Å². The molecule has 0 fully saturated rings. The average molecular weight is 178 g/mol. The molecule has 3 N–H and O–H groups in total. The van der Waals surface area contributed by atoms with Crippen LogP contribution in [-0.4, -0.2) is 24.3 Å². The second-order valence-corrected chi connectivity index (χ2v) is 2.50. The maximum atomic E-state index is 10.6. The van der Waals surface area contributed by atoms with Crippen molar-refractivity contribution in [3.05, 3.63) is 29.3 Å². The number of carboxylic acid groups (broad SMARTS) is 1. The smallest absolute Gasteiger partial charge is 0.335 e. The molecule has 0 aliphatic rings. The molecule has 0 aliphatic carbocycles. The Morgan fingerprint density at radius 2 is 2.31 bits per heavy atom. The maximum Gasteiger partial charge on any atom is 0.335 e. The van der Waals surface area contributed by atoms with Gasteiger partial charge in [-0.1, -0.05) is 6.07 Å². The van der Waals surface area contributed by atoms with Gasteiger partial charge in [0.25, 0.3) is 0 Å². The van der Waals surface area contributed by atoms with Crippen molar-refractivity contribution >= 4 is 17.9 Å². The number of hydrogen-bond donors (Lipinski definition) is 3. The van der Waals surface area contributed by atoms with Gasteiger partial charge in [-0.15, -0.1) is 0 Å². The molecule has 0 radical (unpaired) electrons. The SMILES string of the molecule is CNc1cc(C(=O)O)ccc1C=N. The Morgan fingerprint density at radius 1 is 1.62 bits per heavy atom. The van der Waals surface area contributed by atoms with Crippen LogP contribution in [-0.2, 0) is 0 Å². The summed E-state index contributed by atoms with van der Waals surface area (Å²) in [4.78, 5) is 10.6. The molecule has 1 aromatic carbocycles. The Kier molecular flexibility index (Phi) is 2.64.